The molecule has 0 saturated heterocycles. The highest BCUT2D eigenvalue weighted by molar-refractivity contribution is 14.1. The van der Waals surface area contributed by atoms with E-state index in [0.717, 1.165) is 5.39 Å². The third-order valence-electron chi connectivity index (χ3n) is 1.98. The highest BCUT2D eigenvalue weighted by Crippen LogP contribution is 2.27. The number of fused-ring (bicyclic) bond motifs is 1. The van der Waals surface area contributed by atoms with Crippen LogP contribution in [0.1, 0.15) is 0 Å². The Morgan fingerprint density at radius 2 is 2.00 bits per heavy atom. The van der Waals surface area contributed by atoms with E-state index in [2.05, 4.69) is 4.98 Å². The van der Waals surface area contributed by atoms with Crippen molar-refractivity contribution in [2.45, 2.75) is 5.03 Å². The van der Waals surface area contributed by atoms with Crippen LogP contribution in [0.25, 0.3) is 10.9 Å². The molecule has 0 saturated carbocycles. The average molecular weight is 351 g/mol. The Morgan fingerprint density at radius 3 is 2.62 bits per heavy atom. The lowest BCUT2D eigenvalue weighted by atomic mass is 10.2. The quantitative estimate of drug-likeness (QED) is 0.663. The molecule has 84 valence electrons. The van der Waals surface area contributed by atoms with Gasteiger partial charge < -0.3 is 3.07 Å². The molecule has 2 rings (SSSR count). The molecule has 1 N–H and O–H groups in total. The molecule has 7 heteroatoms. The standard InChI is InChI=1S/C9H6INO4S/c10-15-8-5-6-3-1-2-4-7(6)11-9(8)16(12,13)14/h1-5H,(H,12,13,14). The smallest absolute Gasteiger partial charge is 0.316 e. The summed E-state index contributed by atoms with van der Waals surface area (Å²) in [4.78, 5) is 3.85. The largest absolute Gasteiger partial charge is 0.424 e. The van der Waals surface area contributed by atoms with Crippen molar-refractivity contribution < 1.29 is 16.0 Å². The van der Waals surface area contributed by atoms with Crippen molar-refractivity contribution in [1.29, 1.82) is 0 Å². The van der Waals surface area contributed by atoms with Gasteiger partial charge in [-0.05, 0) is 12.1 Å². The second-order valence-corrected chi connectivity index (χ2v) is 4.81. The minimum atomic E-state index is -4.38. The normalized spacial score (nSPS) is 11.6. The summed E-state index contributed by atoms with van der Waals surface area (Å²) in [6.07, 6.45) is 0. The van der Waals surface area contributed by atoms with Gasteiger partial charge in [0.25, 0.3) is 0 Å². The van der Waals surface area contributed by atoms with Crippen LogP contribution in [-0.2, 0) is 10.1 Å². The van der Waals surface area contributed by atoms with Crippen LogP contribution in [0.3, 0.4) is 0 Å². The lowest BCUT2D eigenvalue weighted by molar-refractivity contribution is 0.475. The highest BCUT2D eigenvalue weighted by Gasteiger charge is 2.19. The van der Waals surface area contributed by atoms with Crippen LogP contribution < -0.4 is 3.07 Å². The second kappa shape index (κ2) is 4.15. The summed E-state index contributed by atoms with van der Waals surface area (Å²) in [5, 5.41) is 0.266. The SMILES string of the molecule is O=S(=O)(O)c1nc2ccccc2cc1OI. The van der Waals surface area contributed by atoms with E-state index in [9.17, 15) is 8.42 Å². The molecule has 1 aromatic carbocycles. The first-order chi connectivity index (χ1) is 7.52. The highest BCUT2D eigenvalue weighted by atomic mass is 127. The Morgan fingerprint density at radius 1 is 1.31 bits per heavy atom. The number of nitrogens with zero attached hydrogens (tertiary/aromatic N) is 1. The summed E-state index contributed by atoms with van der Waals surface area (Å²) in [6, 6.07) is 8.47. The van der Waals surface area contributed by atoms with E-state index in [-0.39, 0.29) is 5.75 Å². The first-order valence-corrected chi connectivity index (χ1v) is 6.50. The number of halogens is 1. The van der Waals surface area contributed by atoms with Crippen molar-refractivity contribution in [2.24, 2.45) is 0 Å². The molecule has 0 spiro atoms. The topological polar surface area (TPSA) is 76.5 Å². The Bertz CT molecular complexity index is 641. The number of aromatic nitrogens is 1. The number of hydrogen-bond donors (Lipinski definition) is 1. The van der Waals surface area contributed by atoms with Gasteiger partial charge in [0.1, 0.15) is 0 Å². The lowest BCUT2D eigenvalue weighted by Crippen LogP contribution is -2.03. The van der Waals surface area contributed by atoms with Crippen LogP contribution in [0.4, 0.5) is 0 Å². The maximum absolute atomic E-state index is 11.1. The van der Waals surface area contributed by atoms with Gasteiger partial charge in [-0.3, -0.25) is 4.55 Å². The van der Waals surface area contributed by atoms with Crippen molar-refractivity contribution in [2.75, 3.05) is 0 Å². The molecule has 0 unspecified atom stereocenters. The second-order valence-electron chi connectivity index (χ2n) is 3.04. The van der Waals surface area contributed by atoms with E-state index in [1.807, 2.05) is 0 Å². The maximum Gasteiger partial charge on any atom is 0.316 e. The van der Waals surface area contributed by atoms with Crippen LogP contribution in [-0.4, -0.2) is 18.0 Å². The fourth-order valence-corrected chi connectivity index (χ4v) is 2.37. The Balaban J connectivity index is 2.83. The van der Waals surface area contributed by atoms with Gasteiger partial charge in [0, 0.05) is 5.39 Å². The minimum absolute atomic E-state index is 0.0156. The van der Waals surface area contributed by atoms with Crippen molar-refractivity contribution in [1.82, 2.24) is 4.98 Å². The molecule has 1 aromatic heterocycles. The molecule has 0 aliphatic heterocycles. The molecule has 0 aliphatic carbocycles. The third-order valence-corrected chi connectivity index (χ3v) is 3.24. The Kier molecular flexibility index (Phi) is 3.00. The maximum atomic E-state index is 11.1. The fourth-order valence-electron chi connectivity index (χ4n) is 1.32. The van der Waals surface area contributed by atoms with Crippen LogP contribution in [0.2, 0.25) is 0 Å². The molecule has 0 amide bonds. The molecule has 1 heterocycles. The average Bonchev–Trinajstić information content (AvgIpc) is 2.26. The lowest BCUT2D eigenvalue weighted by Gasteiger charge is -2.05. The molecule has 5 nitrogen and oxygen atoms in total. The van der Waals surface area contributed by atoms with Gasteiger partial charge in [0.2, 0.25) is 5.03 Å². The van der Waals surface area contributed by atoms with E-state index in [1.54, 1.807) is 24.3 Å². The summed E-state index contributed by atoms with van der Waals surface area (Å²) in [6.45, 7) is 0. The van der Waals surface area contributed by atoms with Crippen molar-refractivity contribution in [3.8, 4) is 5.75 Å². The van der Waals surface area contributed by atoms with Crippen LogP contribution >= 0.6 is 23.0 Å². The van der Waals surface area contributed by atoms with E-state index >= 15 is 0 Å². The summed E-state index contributed by atoms with van der Waals surface area (Å²) in [7, 11) is -4.38. The molecule has 0 atom stereocenters. The first-order valence-electron chi connectivity index (χ1n) is 4.18. The predicted molar refractivity (Wildman–Crippen MR) is 66.2 cm³/mol. The molecular weight excluding hydrogens is 345 g/mol. The number of benzene rings is 1. The van der Waals surface area contributed by atoms with E-state index in [1.165, 1.54) is 29.1 Å². The van der Waals surface area contributed by atoms with Gasteiger partial charge in [-0.2, -0.15) is 8.42 Å². The molecule has 2 aromatic rings. The summed E-state index contributed by atoms with van der Waals surface area (Å²) < 4.78 is 36.0. The van der Waals surface area contributed by atoms with Crippen molar-refractivity contribution >= 4 is 44.0 Å². The molecular formula is C9H6INO4S. The molecule has 0 bridgehead atoms. The van der Waals surface area contributed by atoms with E-state index < -0.39 is 15.1 Å². The zero-order valence-corrected chi connectivity index (χ0v) is 10.8. The number of rotatable bonds is 2. The molecule has 0 aliphatic rings. The van der Waals surface area contributed by atoms with E-state index in [0.29, 0.717) is 5.52 Å². The number of hydrogen-bond acceptors (Lipinski definition) is 4. The molecule has 16 heavy (non-hydrogen) atoms. The minimum Gasteiger partial charge on any atom is -0.424 e. The van der Waals surface area contributed by atoms with Crippen molar-refractivity contribution in [3.05, 3.63) is 30.3 Å². The van der Waals surface area contributed by atoms with Gasteiger partial charge in [-0.15, -0.1) is 0 Å². The van der Waals surface area contributed by atoms with Gasteiger partial charge in [0.05, 0.1) is 5.52 Å². The molecule has 0 fully saturated rings. The number of pyridine rings is 1. The Hall–Kier alpha value is -0.930. The molecule has 0 radical (unpaired) electrons. The summed E-state index contributed by atoms with van der Waals surface area (Å²) in [5.74, 6) is 0.0156. The summed E-state index contributed by atoms with van der Waals surface area (Å²) >= 11 is 1.54. The van der Waals surface area contributed by atoms with Gasteiger partial charge in [-0.25, -0.2) is 4.98 Å². The zero-order valence-electron chi connectivity index (χ0n) is 7.79. The predicted octanol–water partition coefficient (Wildman–Crippen LogP) is 2.21. The van der Waals surface area contributed by atoms with Crippen LogP contribution in [0, 0.1) is 0 Å². The third kappa shape index (κ3) is 2.11. The van der Waals surface area contributed by atoms with Gasteiger partial charge in [0.15, 0.2) is 28.8 Å². The van der Waals surface area contributed by atoms with Gasteiger partial charge in [-0.1, -0.05) is 18.2 Å². The monoisotopic (exact) mass is 351 g/mol. The van der Waals surface area contributed by atoms with Crippen LogP contribution in [0.15, 0.2) is 35.4 Å². The summed E-state index contributed by atoms with van der Waals surface area (Å²) in [5.41, 5.74) is 0.479. The number of para-hydroxylation sites is 1. The van der Waals surface area contributed by atoms with E-state index in [4.69, 9.17) is 7.62 Å². The van der Waals surface area contributed by atoms with Crippen LogP contribution in [0.5, 0.6) is 5.75 Å². The first kappa shape index (κ1) is 11.6. The van der Waals surface area contributed by atoms with Gasteiger partial charge >= 0.3 is 10.1 Å². The zero-order chi connectivity index (χ0) is 11.8. The van der Waals surface area contributed by atoms with Crippen molar-refractivity contribution in [3.63, 3.8) is 0 Å². The Labute approximate surface area is 106 Å². The fraction of sp³-hybridized carbons (Fsp3) is 0.